The largest absolute Gasteiger partial charge is 0.467 e. The van der Waals surface area contributed by atoms with E-state index in [0.29, 0.717) is 18.4 Å². The van der Waals surface area contributed by atoms with Crippen LogP contribution in [0.5, 0.6) is 6.01 Å². The van der Waals surface area contributed by atoms with Gasteiger partial charge in [-0.3, -0.25) is 0 Å². The van der Waals surface area contributed by atoms with Crippen molar-refractivity contribution in [2.75, 3.05) is 7.11 Å². The summed E-state index contributed by atoms with van der Waals surface area (Å²) >= 11 is 0. The van der Waals surface area contributed by atoms with Crippen LogP contribution in [0.3, 0.4) is 0 Å². The van der Waals surface area contributed by atoms with Gasteiger partial charge in [-0.2, -0.15) is 0 Å². The zero-order valence-electron chi connectivity index (χ0n) is 10.6. The molecule has 0 spiro atoms. The van der Waals surface area contributed by atoms with E-state index in [2.05, 4.69) is 9.97 Å². The lowest BCUT2D eigenvalue weighted by Gasteiger charge is -2.36. The minimum atomic E-state index is -3.05. The predicted molar refractivity (Wildman–Crippen MR) is 67.4 cm³/mol. The molecule has 2 aliphatic heterocycles. The molecule has 0 aliphatic carbocycles. The molecule has 2 bridgehead atoms. The van der Waals surface area contributed by atoms with Gasteiger partial charge in [-0.15, -0.1) is 0 Å². The molecule has 6 nitrogen and oxygen atoms in total. The van der Waals surface area contributed by atoms with E-state index in [1.165, 1.54) is 19.5 Å². The van der Waals surface area contributed by atoms with Crippen LogP contribution in [-0.2, 0) is 15.4 Å². The summed E-state index contributed by atoms with van der Waals surface area (Å²) in [5, 5.41) is 9.87. The first-order valence-corrected chi connectivity index (χ1v) is 7.88. The Bertz CT molecular complexity index is 564. The Morgan fingerprint density at radius 1 is 1.26 bits per heavy atom. The highest BCUT2D eigenvalue weighted by Gasteiger charge is 2.53. The number of hydrogen-bond acceptors (Lipinski definition) is 6. The van der Waals surface area contributed by atoms with Crippen LogP contribution in [0.25, 0.3) is 0 Å². The Labute approximate surface area is 111 Å². The Kier molecular flexibility index (Phi) is 2.79. The molecule has 2 saturated heterocycles. The van der Waals surface area contributed by atoms with Crippen molar-refractivity contribution >= 4 is 9.84 Å². The van der Waals surface area contributed by atoms with Gasteiger partial charge in [0.25, 0.3) is 0 Å². The first-order valence-electron chi connectivity index (χ1n) is 6.27. The van der Waals surface area contributed by atoms with Crippen molar-refractivity contribution in [3.63, 3.8) is 0 Å². The van der Waals surface area contributed by atoms with Crippen LogP contribution < -0.4 is 4.74 Å². The van der Waals surface area contributed by atoms with E-state index in [-0.39, 0.29) is 18.9 Å². The molecule has 1 aromatic heterocycles. The molecule has 0 aromatic carbocycles. The van der Waals surface area contributed by atoms with Crippen LogP contribution in [0, 0.1) is 0 Å². The fourth-order valence-corrected chi connectivity index (χ4v) is 5.63. The molecule has 2 fully saturated rings. The second kappa shape index (κ2) is 4.14. The van der Waals surface area contributed by atoms with Crippen molar-refractivity contribution in [3.05, 3.63) is 18.0 Å². The summed E-state index contributed by atoms with van der Waals surface area (Å²) in [5.74, 6) is 0. The lowest BCUT2D eigenvalue weighted by molar-refractivity contribution is 0.0165. The Hall–Kier alpha value is -1.21. The Morgan fingerprint density at radius 3 is 2.26 bits per heavy atom. The third kappa shape index (κ3) is 1.92. The highest BCUT2D eigenvalue weighted by Crippen LogP contribution is 2.47. The molecule has 7 heteroatoms. The standard InChI is InChI=1S/C12H16N2O4S/c1-18-11-13-6-8(7-14-11)12(15)4-9-2-3-10(5-12)19(9,16)17/h6-7,9-10,15H,2-5H2,1H3. The van der Waals surface area contributed by atoms with Crippen LogP contribution in [0.15, 0.2) is 12.4 Å². The third-order valence-electron chi connectivity index (χ3n) is 4.22. The van der Waals surface area contributed by atoms with Crippen LogP contribution in [-0.4, -0.2) is 41.1 Å². The number of aromatic nitrogens is 2. The number of hydrogen-bond donors (Lipinski definition) is 1. The van der Waals surface area contributed by atoms with Crippen LogP contribution in [0.1, 0.15) is 31.2 Å². The van der Waals surface area contributed by atoms with Crippen molar-refractivity contribution in [1.82, 2.24) is 9.97 Å². The Balaban J connectivity index is 1.92. The highest BCUT2D eigenvalue weighted by molar-refractivity contribution is 7.93. The van der Waals surface area contributed by atoms with E-state index in [1.807, 2.05) is 0 Å². The van der Waals surface area contributed by atoms with E-state index in [1.54, 1.807) is 0 Å². The molecule has 0 saturated carbocycles. The second-order valence-electron chi connectivity index (χ2n) is 5.31. The summed E-state index contributed by atoms with van der Waals surface area (Å²) < 4.78 is 28.9. The first kappa shape index (κ1) is 12.8. The van der Waals surface area contributed by atoms with E-state index in [9.17, 15) is 13.5 Å². The van der Waals surface area contributed by atoms with Gasteiger partial charge >= 0.3 is 6.01 Å². The van der Waals surface area contributed by atoms with Gasteiger partial charge in [0.15, 0.2) is 9.84 Å². The maximum atomic E-state index is 12.0. The van der Waals surface area contributed by atoms with Gasteiger partial charge < -0.3 is 9.84 Å². The monoisotopic (exact) mass is 284 g/mol. The summed E-state index contributed by atoms with van der Waals surface area (Å²) in [4.78, 5) is 7.96. The molecule has 1 N–H and O–H groups in total. The van der Waals surface area contributed by atoms with Crippen molar-refractivity contribution < 1.29 is 18.3 Å². The number of nitrogens with zero attached hydrogens (tertiary/aromatic N) is 2. The fraction of sp³-hybridized carbons (Fsp3) is 0.667. The summed E-state index contributed by atoms with van der Waals surface area (Å²) in [6.45, 7) is 0. The fourth-order valence-electron chi connectivity index (χ4n) is 3.14. The van der Waals surface area contributed by atoms with E-state index < -0.39 is 25.9 Å². The maximum absolute atomic E-state index is 12.0. The van der Waals surface area contributed by atoms with Gasteiger partial charge in [0.05, 0.1) is 23.2 Å². The zero-order chi connectivity index (χ0) is 13.7. The zero-order valence-corrected chi connectivity index (χ0v) is 11.4. The molecule has 1 aromatic rings. The van der Waals surface area contributed by atoms with Crippen molar-refractivity contribution in [2.24, 2.45) is 0 Å². The molecular formula is C12H16N2O4S. The lowest BCUT2D eigenvalue weighted by atomic mass is 9.88. The highest BCUT2D eigenvalue weighted by atomic mass is 32.2. The van der Waals surface area contributed by atoms with Gasteiger partial charge in [-0.05, 0) is 25.7 Å². The first-order chi connectivity index (χ1) is 8.95. The van der Waals surface area contributed by atoms with Gasteiger partial charge in [-0.1, -0.05) is 0 Å². The molecule has 2 atom stereocenters. The third-order valence-corrected chi connectivity index (χ3v) is 6.88. The number of ether oxygens (including phenoxy) is 1. The number of sulfone groups is 1. The molecule has 2 aliphatic rings. The van der Waals surface area contributed by atoms with Crippen LogP contribution in [0.4, 0.5) is 0 Å². The summed E-state index contributed by atoms with van der Waals surface area (Å²) in [6.07, 6.45) is 4.80. The van der Waals surface area contributed by atoms with Crippen molar-refractivity contribution in [2.45, 2.75) is 41.8 Å². The van der Waals surface area contributed by atoms with E-state index in [0.717, 1.165) is 0 Å². The number of aliphatic hydroxyl groups is 1. The summed E-state index contributed by atoms with van der Waals surface area (Å²) in [5.41, 5.74) is -0.566. The molecule has 2 unspecified atom stereocenters. The van der Waals surface area contributed by atoms with Crippen LogP contribution >= 0.6 is 0 Å². The maximum Gasteiger partial charge on any atom is 0.316 e. The molecule has 19 heavy (non-hydrogen) atoms. The molecule has 0 amide bonds. The molecular weight excluding hydrogens is 268 g/mol. The molecule has 0 radical (unpaired) electrons. The quantitative estimate of drug-likeness (QED) is 0.846. The number of fused-ring (bicyclic) bond motifs is 2. The predicted octanol–water partition coefficient (Wildman–Crippen LogP) is 0.412. The van der Waals surface area contributed by atoms with E-state index in [4.69, 9.17) is 4.74 Å². The van der Waals surface area contributed by atoms with Gasteiger partial charge in [0.1, 0.15) is 0 Å². The van der Waals surface area contributed by atoms with E-state index >= 15 is 0 Å². The average molecular weight is 284 g/mol. The summed E-state index contributed by atoms with van der Waals surface area (Å²) in [7, 11) is -1.58. The average Bonchev–Trinajstić information content (AvgIpc) is 2.58. The number of rotatable bonds is 2. The Morgan fingerprint density at radius 2 is 1.79 bits per heavy atom. The summed E-state index contributed by atoms with van der Waals surface area (Å²) in [6, 6.07) is 0.235. The minimum absolute atomic E-state index is 0.235. The smallest absolute Gasteiger partial charge is 0.316 e. The van der Waals surface area contributed by atoms with Gasteiger partial charge in [-0.25, -0.2) is 18.4 Å². The van der Waals surface area contributed by atoms with Crippen LogP contribution in [0.2, 0.25) is 0 Å². The number of methoxy groups -OCH3 is 1. The minimum Gasteiger partial charge on any atom is -0.467 e. The normalized spacial score (nSPS) is 36.1. The van der Waals surface area contributed by atoms with Gasteiger partial charge in [0, 0.05) is 18.0 Å². The second-order valence-corrected chi connectivity index (χ2v) is 7.82. The topological polar surface area (TPSA) is 89.4 Å². The molecule has 3 heterocycles. The molecule has 3 rings (SSSR count). The van der Waals surface area contributed by atoms with Gasteiger partial charge in [0.2, 0.25) is 0 Å². The van der Waals surface area contributed by atoms with Crippen molar-refractivity contribution in [1.29, 1.82) is 0 Å². The molecule has 104 valence electrons. The SMILES string of the molecule is COc1ncc(C2(O)CC3CCC(C2)S3(=O)=O)cn1. The van der Waals surface area contributed by atoms with Crippen molar-refractivity contribution in [3.8, 4) is 6.01 Å². The lowest BCUT2D eigenvalue weighted by Crippen LogP contribution is -2.43.